The SMILES string of the molecule is CC1=CC(C(C)(C)C)CC(C)=C1N. The molecule has 0 radical (unpaired) electrons. The van der Waals surface area contributed by atoms with Gasteiger partial charge >= 0.3 is 0 Å². The zero-order chi connectivity index (χ0) is 10.2. The first-order chi connectivity index (χ1) is 5.82. The van der Waals surface area contributed by atoms with Crippen LogP contribution >= 0.6 is 0 Å². The van der Waals surface area contributed by atoms with Crippen LogP contribution in [0.5, 0.6) is 0 Å². The molecule has 1 aliphatic carbocycles. The van der Waals surface area contributed by atoms with E-state index in [0.717, 1.165) is 12.1 Å². The molecule has 0 saturated heterocycles. The zero-order valence-electron chi connectivity index (χ0n) is 9.44. The van der Waals surface area contributed by atoms with E-state index in [4.69, 9.17) is 5.73 Å². The fourth-order valence-corrected chi connectivity index (χ4v) is 1.78. The first-order valence-electron chi connectivity index (χ1n) is 4.96. The Balaban J connectivity index is 2.92. The van der Waals surface area contributed by atoms with Crippen molar-refractivity contribution in [2.24, 2.45) is 17.1 Å². The van der Waals surface area contributed by atoms with Gasteiger partial charge in [0, 0.05) is 5.70 Å². The maximum atomic E-state index is 5.94. The Labute approximate surface area is 81.7 Å². The number of rotatable bonds is 0. The van der Waals surface area contributed by atoms with E-state index in [1.165, 1.54) is 11.1 Å². The molecule has 1 aliphatic rings. The molecule has 1 nitrogen and oxygen atoms in total. The lowest BCUT2D eigenvalue weighted by Gasteiger charge is -2.32. The van der Waals surface area contributed by atoms with E-state index >= 15 is 0 Å². The molecular weight excluding hydrogens is 158 g/mol. The van der Waals surface area contributed by atoms with Crippen LogP contribution < -0.4 is 5.73 Å². The normalized spacial score (nSPS) is 24.7. The van der Waals surface area contributed by atoms with Gasteiger partial charge in [0.25, 0.3) is 0 Å². The van der Waals surface area contributed by atoms with Gasteiger partial charge in [0.1, 0.15) is 0 Å². The molecule has 13 heavy (non-hydrogen) atoms. The van der Waals surface area contributed by atoms with Crippen molar-refractivity contribution in [2.45, 2.75) is 41.0 Å². The van der Waals surface area contributed by atoms with Gasteiger partial charge < -0.3 is 5.73 Å². The second-order valence-electron chi connectivity index (χ2n) is 5.22. The molecule has 0 bridgehead atoms. The van der Waals surface area contributed by atoms with Gasteiger partial charge in [0.2, 0.25) is 0 Å². The van der Waals surface area contributed by atoms with Crippen LogP contribution in [0.1, 0.15) is 41.0 Å². The molecule has 0 aromatic carbocycles. The molecule has 1 atom stereocenters. The molecule has 0 heterocycles. The van der Waals surface area contributed by atoms with Crippen molar-refractivity contribution in [2.75, 3.05) is 0 Å². The highest BCUT2D eigenvalue weighted by molar-refractivity contribution is 5.35. The Morgan fingerprint density at radius 1 is 1.31 bits per heavy atom. The maximum Gasteiger partial charge on any atom is 0.0329 e. The molecule has 0 saturated carbocycles. The predicted molar refractivity (Wildman–Crippen MR) is 58.2 cm³/mol. The number of hydrogen-bond donors (Lipinski definition) is 1. The van der Waals surface area contributed by atoms with E-state index in [9.17, 15) is 0 Å². The molecule has 0 aromatic rings. The van der Waals surface area contributed by atoms with Gasteiger partial charge in [0.15, 0.2) is 0 Å². The molecule has 2 N–H and O–H groups in total. The van der Waals surface area contributed by atoms with E-state index in [1.807, 2.05) is 0 Å². The summed E-state index contributed by atoms with van der Waals surface area (Å²) in [6.07, 6.45) is 3.44. The molecule has 1 rings (SSSR count). The van der Waals surface area contributed by atoms with Crippen LogP contribution in [0.15, 0.2) is 22.9 Å². The van der Waals surface area contributed by atoms with Crippen molar-refractivity contribution in [3.05, 3.63) is 22.9 Å². The van der Waals surface area contributed by atoms with Crippen LogP contribution in [-0.2, 0) is 0 Å². The minimum absolute atomic E-state index is 0.350. The largest absolute Gasteiger partial charge is 0.399 e. The van der Waals surface area contributed by atoms with Gasteiger partial charge in [0.05, 0.1) is 0 Å². The lowest BCUT2D eigenvalue weighted by atomic mass is 9.73. The van der Waals surface area contributed by atoms with Crippen molar-refractivity contribution < 1.29 is 0 Å². The summed E-state index contributed by atoms with van der Waals surface area (Å²) in [5.41, 5.74) is 9.89. The van der Waals surface area contributed by atoms with Crippen LogP contribution in [0.3, 0.4) is 0 Å². The van der Waals surface area contributed by atoms with Crippen LogP contribution in [0.25, 0.3) is 0 Å². The van der Waals surface area contributed by atoms with Crippen molar-refractivity contribution in [3.63, 3.8) is 0 Å². The molecule has 0 fully saturated rings. The van der Waals surface area contributed by atoms with Gasteiger partial charge in [-0.25, -0.2) is 0 Å². The van der Waals surface area contributed by atoms with Crippen molar-refractivity contribution in [3.8, 4) is 0 Å². The average Bonchev–Trinajstić information content (AvgIpc) is 1.97. The first-order valence-corrected chi connectivity index (χ1v) is 4.96. The van der Waals surface area contributed by atoms with Gasteiger partial charge in [-0.15, -0.1) is 0 Å². The Hall–Kier alpha value is -0.720. The predicted octanol–water partition coefficient (Wildman–Crippen LogP) is 3.23. The summed E-state index contributed by atoms with van der Waals surface area (Å²) in [6, 6.07) is 0. The molecule has 74 valence electrons. The second-order valence-corrected chi connectivity index (χ2v) is 5.22. The molecular formula is C12H21N. The minimum atomic E-state index is 0.350. The molecule has 1 heteroatoms. The zero-order valence-corrected chi connectivity index (χ0v) is 9.44. The summed E-state index contributed by atoms with van der Waals surface area (Å²) in [4.78, 5) is 0. The first kappa shape index (κ1) is 10.4. The van der Waals surface area contributed by atoms with Crippen molar-refractivity contribution in [1.82, 2.24) is 0 Å². The van der Waals surface area contributed by atoms with Gasteiger partial charge in [-0.2, -0.15) is 0 Å². The quantitative estimate of drug-likeness (QED) is 0.607. The standard InChI is InChI=1S/C12H21N/c1-8-6-10(12(3,4)5)7-9(2)11(8)13/h6,10H,7,13H2,1-5H3. The topological polar surface area (TPSA) is 26.0 Å². The van der Waals surface area contributed by atoms with E-state index in [2.05, 4.69) is 40.7 Å². The molecule has 1 unspecified atom stereocenters. The fourth-order valence-electron chi connectivity index (χ4n) is 1.78. The van der Waals surface area contributed by atoms with Crippen LogP contribution in [0.2, 0.25) is 0 Å². The highest BCUT2D eigenvalue weighted by Crippen LogP contribution is 2.37. The summed E-state index contributed by atoms with van der Waals surface area (Å²) >= 11 is 0. The summed E-state index contributed by atoms with van der Waals surface area (Å²) in [5.74, 6) is 0.639. The lowest BCUT2D eigenvalue weighted by molar-refractivity contribution is 0.287. The third-order valence-electron chi connectivity index (χ3n) is 2.97. The van der Waals surface area contributed by atoms with Crippen LogP contribution in [0.4, 0.5) is 0 Å². The molecule has 0 amide bonds. The maximum absolute atomic E-state index is 5.94. The van der Waals surface area contributed by atoms with Crippen molar-refractivity contribution >= 4 is 0 Å². The van der Waals surface area contributed by atoms with E-state index in [0.29, 0.717) is 11.3 Å². The Morgan fingerprint density at radius 3 is 2.23 bits per heavy atom. The van der Waals surface area contributed by atoms with E-state index in [1.54, 1.807) is 0 Å². The average molecular weight is 179 g/mol. The number of nitrogens with two attached hydrogens (primary N) is 1. The minimum Gasteiger partial charge on any atom is -0.399 e. The monoisotopic (exact) mass is 179 g/mol. The van der Waals surface area contributed by atoms with Gasteiger partial charge in [-0.1, -0.05) is 26.8 Å². The number of hydrogen-bond acceptors (Lipinski definition) is 1. The summed E-state index contributed by atoms with van der Waals surface area (Å²) in [5, 5.41) is 0. The van der Waals surface area contributed by atoms with E-state index < -0.39 is 0 Å². The Bertz CT molecular complexity index is 263. The van der Waals surface area contributed by atoms with E-state index in [-0.39, 0.29) is 0 Å². The third kappa shape index (κ3) is 2.15. The fraction of sp³-hybridized carbons (Fsp3) is 0.667. The highest BCUT2D eigenvalue weighted by Gasteiger charge is 2.26. The number of allylic oxidation sites excluding steroid dienone is 3. The lowest BCUT2D eigenvalue weighted by Crippen LogP contribution is -2.23. The highest BCUT2D eigenvalue weighted by atomic mass is 14.6. The van der Waals surface area contributed by atoms with Crippen LogP contribution in [0, 0.1) is 11.3 Å². The third-order valence-corrected chi connectivity index (χ3v) is 2.97. The van der Waals surface area contributed by atoms with Crippen LogP contribution in [-0.4, -0.2) is 0 Å². The smallest absolute Gasteiger partial charge is 0.0329 e. The van der Waals surface area contributed by atoms with Gasteiger partial charge in [-0.3, -0.25) is 0 Å². The second kappa shape index (κ2) is 3.21. The molecule has 0 aromatic heterocycles. The summed E-state index contributed by atoms with van der Waals surface area (Å²) in [6.45, 7) is 11.1. The summed E-state index contributed by atoms with van der Waals surface area (Å²) < 4.78 is 0. The summed E-state index contributed by atoms with van der Waals surface area (Å²) in [7, 11) is 0. The Morgan fingerprint density at radius 2 is 1.85 bits per heavy atom. The Kier molecular flexibility index (Phi) is 2.56. The molecule has 0 spiro atoms. The van der Waals surface area contributed by atoms with Gasteiger partial charge in [-0.05, 0) is 42.7 Å². The molecule has 0 aliphatic heterocycles. The van der Waals surface area contributed by atoms with Crippen molar-refractivity contribution in [1.29, 1.82) is 0 Å².